The summed E-state index contributed by atoms with van der Waals surface area (Å²) in [4.78, 5) is 16.7. The zero-order valence-electron chi connectivity index (χ0n) is 12.0. The molecule has 2 saturated heterocycles. The van der Waals surface area contributed by atoms with Crippen LogP contribution in [0, 0.1) is 5.92 Å². The molecule has 0 radical (unpaired) electrons. The van der Waals surface area contributed by atoms with Gasteiger partial charge >= 0.3 is 0 Å². The lowest BCUT2D eigenvalue weighted by Crippen LogP contribution is -2.50. The molecule has 0 aromatic heterocycles. The molecule has 0 unspecified atom stereocenters. The highest BCUT2D eigenvalue weighted by Crippen LogP contribution is 2.32. The Morgan fingerprint density at radius 3 is 2.16 bits per heavy atom. The van der Waals surface area contributed by atoms with Crippen LogP contribution < -0.4 is 0 Å². The van der Waals surface area contributed by atoms with Gasteiger partial charge in [-0.3, -0.25) is 4.79 Å². The fraction of sp³-hybridized carbons (Fsp3) is 0.933. The minimum absolute atomic E-state index is 0.379. The molecule has 3 aliphatic rings. The maximum Gasteiger partial charge on any atom is 0.225 e. The molecular formula is C15H26N2O2. The van der Waals surface area contributed by atoms with E-state index in [-0.39, 0.29) is 0 Å². The number of rotatable bonds is 3. The number of ether oxygens (including phenoxy) is 1. The number of carbonyl (C=O) groups is 1. The minimum Gasteiger partial charge on any atom is -0.381 e. The molecule has 2 aliphatic heterocycles. The number of piperidine rings is 1. The number of hydrogen-bond acceptors (Lipinski definition) is 3. The Morgan fingerprint density at radius 1 is 1.00 bits per heavy atom. The maximum atomic E-state index is 12.0. The number of amides is 1. The summed E-state index contributed by atoms with van der Waals surface area (Å²) in [7, 11) is 2.26. The third-order valence-corrected chi connectivity index (χ3v) is 5.05. The van der Waals surface area contributed by atoms with Crippen LogP contribution >= 0.6 is 0 Å². The van der Waals surface area contributed by atoms with E-state index in [1.807, 2.05) is 0 Å². The third kappa shape index (κ3) is 3.11. The minimum atomic E-state index is 0.379. The molecule has 0 N–H and O–H groups in total. The van der Waals surface area contributed by atoms with Crippen molar-refractivity contribution in [2.45, 2.75) is 50.6 Å². The molecular weight excluding hydrogens is 240 g/mol. The van der Waals surface area contributed by atoms with Crippen molar-refractivity contribution in [2.24, 2.45) is 5.92 Å². The van der Waals surface area contributed by atoms with Crippen molar-refractivity contribution in [3.05, 3.63) is 0 Å². The van der Waals surface area contributed by atoms with Gasteiger partial charge in [0.1, 0.15) is 0 Å². The van der Waals surface area contributed by atoms with Crippen molar-refractivity contribution in [2.75, 3.05) is 33.4 Å². The van der Waals surface area contributed by atoms with Gasteiger partial charge in [-0.2, -0.15) is 0 Å². The summed E-state index contributed by atoms with van der Waals surface area (Å²) >= 11 is 0. The van der Waals surface area contributed by atoms with Crippen LogP contribution in [0.2, 0.25) is 0 Å². The monoisotopic (exact) mass is 266 g/mol. The SMILES string of the molecule is CN(C1CCOCC1)C1CCN(C(=O)C2CC2)CC1. The number of likely N-dealkylation sites (tertiary alicyclic amines) is 1. The first-order valence-electron chi connectivity index (χ1n) is 7.84. The van der Waals surface area contributed by atoms with Gasteiger partial charge in [0.25, 0.3) is 0 Å². The van der Waals surface area contributed by atoms with Gasteiger partial charge in [-0.15, -0.1) is 0 Å². The number of carbonyl (C=O) groups excluding carboxylic acids is 1. The van der Waals surface area contributed by atoms with Crippen LogP contribution in [0.25, 0.3) is 0 Å². The molecule has 4 heteroatoms. The van der Waals surface area contributed by atoms with Crippen molar-refractivity contribution in [3.63, 3.8) is 0 Å². The largest absolute Gasteiger partial charge is 0.381 e. The van der Waals surface area contributed by atoms with Crippen LogP contribution in [0.4, 0.5) is 0 Å². The molecule has 1 amide bonds. The number of hydrogen-bond donors (Lipinski definition) is 0. The second-order valence-corrected chi connectivity index (χ2v) is 6.34. The summed E-state index contributed by atoms with van der Waals surface area (Å²) < 4.78 is 5.44. The first-order chi connectivity index (χ1) is 9.25. The second-order valence-electron chi connectivity index (χ2n) is 6.34. The van der Waals surface area contributed by atoms with Gasteiger partial charge in [0.05, 0.1) is 0 Å². The summed E-state index contributed by atoms with van der Waals surface area (Å²) in [6.45, 7) is 3.75. The quantitative estimate of drug-likeness (QED) is 0.776. The third-order valence-electron chi connectivity index (χ3n) is 5.05. The van der Waals surface area contributed by atoms with Crippen molar-refractivity contribution in [3.8, 4) is 0 Å². The Bertz CT molecular complexity index is 316. The summed E-state index contributed by atoms with van der Waals surface area (Å²) in [5.41, 5.74) is 0. The molecule has 4 nitrogen and oxygen atoms in total. The lowest BCUT2D eigenvalue weighted by atomic mass is 9.98. The Morgan fingerprint density at radius 2 is 1.58 bits per heavy atom. The van der Waals surface area contributed by atoms with Crippen molar-refractivity contribution in [1.29, 1.82) is 0 Å². The highest BCUT2D eigenvalue weighted by atomic mass is 16.5. The Labute approximate surface area is 116 Å². The smallest absolute Gasteiger partial charge is 0.225 e. The second kappa shape index (κ2) is 5.80. The summed E-state index contributed by atoms with van der Waals surface area (Å²) in [6.07, 6.45) is 6.87. The molecule has 2 heterocycles. The van der Waals surface area contributed by atoms with Gasteiger partial charge in [0.15, 0.2) is 0 Å². The van der Waals surface area contributed by atoms with E-state index in [2.05, 4.69) is 16.8 Å². The molecule has 1 aliphatic carbocycles. The first-order valence-corrected chi connectivity index (χ1v) is 7.84. The normalized spacial score (nSPS) is 26.9. The van der Waals surface area contributed by atoms with Crippen LogP contribution in [0.3, 0.4) is 0 Å². The van der Waals surface area contributed by atoms with E-state index in [1.54, 1.807) is 0 Å². The molecule has 0 spiro atoms. The van der Waals surface area contributed by atoms with Gasteiger partial charge in [-0.25, -0.2) is 0 Å². The van der Waals surface area contributed by atoms with E-state index in [4.69, 9.17) is 4.74 Å². The summed E-state index contributed by atoms with van der Waals surface area (Å²) in [6, 6.07) is 1.34. The first kappa shape index (κ1) is 13.4. The van der Waals surface area contributed by atoms with Gasteiger partial charge in [-0.1, -0.05) is 0 Å². The van der Waals surface area contributed by atoms with Crippen molar-refractivity contribution < 1.29 is 9.53 Å². The Hall–Kier alpha value is -0.610. The molecule has 0 bridgehead atoms. The lowest BCUT2D eigenvalue weighted by Gasteiger charge is -2.41. The molecule has 3 rings (SSSR count). The van der Waals surface area contributed by atoms with Crippen LogP contribution in [-0.4, -0.2) is 61.1 Å². The predicted octanol–water partition coefficient (Wildman–Crippen LogP) is 1.50. The molecule has 1 saturated carbocycles. The average Bonchev–Trinajstić information content (AvgIpc) is 3.31. The van der Waals surface area contributed by atoms with E-state index < -0.39 is 0 Å². The van der Waals surface area contributed by atoms with E-state index in [9.17, 15) is 4.79 Å². The molecule has 108 valence electrons. The van der Waals surface area contributed by atoms with Crippen molar-refractivity contribution >= 4 is 5.91 Å². The topological polar surface area (TPSA) is 32.8 Å². The molecule has 0 aromatic rings. The lowest BCUT2D eigenvalue weighted by molar-refractivity contribution is -0.134. The molecule has 0 atom stereocenters. The molecule has 3 fully saturated rings. The van der Waals surface area contributed by atoms with Crippen molar-refractivity contribution in [1.82, 2.24) is 9.80 Å². The molecule has 0 aromatic carbocycles. The molecule has 19 heavy (non-hydrogen) atoms. The van der Waals surface area contributed by atoms with Crippen LogP contribution in [0.1, 0.15) is 38.5 Å². The Kier molecular flexibility index (Phi) is 4.08. The van der Waals surface area contributed by atoms with Gasteiger partial charge in [0.2, 0.25) is 5.91 Å². The van der Waals surface area contributed by atoms with Gasteiger partial charge in [0, 0.05) is 44.3 Å². The predicted molar refractivity (Wildman–Crippen MR) is 73.9 cm³/mol. The van der Waals surface area contributed by atoms with Crippen LogP contribution in [0.15, 0.2) is 0 Å². The Balaban J connectivity index is 1.47. The van der Waals surface area contributed by atoms with E-state index in [0.29, 0.717) is 23.9 Å². The maximum absolute atomic E-state index is 12.0. The van der Waals surface area contributed by atoms with E-state index >= 15 is 0 Å². The fourth-order valence-corrected chi connectivity index (χ4v) is 3.47. The highest BCUT2D eigenvalue weighted by molar-refractivity contribution is 5.81. The van der Waals surface area contributed by atoms with Crippen LogP contribution in [0.5, 0.6) is 0 Å². The highest BCUT2D eigenvalue weighted by Gasteiger charge is 2.36. The zero-order valence-corrected chi connectivity index (χ0v) is 12.0. The van der Waals surface area contributed by atoms with Gasteiger partial charge < -0.3 is 14.5 Å². The van der Waals surface area contributed by atoms with Gasteiger partial charge in [-0.05, 0) is 45.6 Å². The fourth-order valence-electron chi connectivity index (χ4n) is 3.47. The summed E-state index contributed by atoms with van der Waals surface area (Å²) in [5, 5.41) is 0. The zero-order chi connectivity index (χ0) is 13.2. The summed E-state index contributed by atoms with van der Waals surface area (Å²) in [5.74, 6) is 0.803. The number of nitrogens with zero attached hydrogens (tertiary/aromatic N) is 2. The van der Waals surface area contributed by atoms with E-state index in [1.165, 1.54) is 0 Å². The average molecular weight is 266 g/mol. The van der Waals surface area contributed by atoms with Crippen LogP contribution in [-0.2, 0) is 9.53 Å². The standard InChI is InChI=1S/C15H26N2O2/c1-16(14-6-10-19-11-7-14)13-4-8-17(9-5-13)15(18)12-2-3-12/h12-14H,2-11H2,1H3. The van der Waals surface area contributed by atoms with E-state index in [0.717, 1.165) is 64.8 Å².